The Morgan fingerprint density at radius 3 is 2.69 bits per heavy atom. The van der Waals surface area contributed by atoms with Crippen molar-refractivity contribution in [1.29, 1.82) is 0 Å². The Labute approximate surface area is 82.7 Å². The molecule has 0 spiro atoms. The average molecular weight is 199 g/mol. The van der Waals surface area contributed by atoms with Gasteiger partial charge in [-0.05, 0) is 36.8 Å². The van der Waals surface area contributed by atoms with E-state index in [2.05, 4.69) is 0 Å². The highest BCUT2D eigenvalue weighted by Gasteiger charge is 2.29. The Kier molecular flexibility index (Phi) is 2.54. The normalized spacial score (nSPS) is 18.6. The van der Waals surface area contributed by atoms with E-state index < -0.39 is 0 Å². The molecule has 70 valence electrons. The minimum atomic E-state index is -0.131. The minimum Gasteiger partial charge on any atom is -0.207 e. The lowest BCUT2D eigenvalue weighted by atomic mass is 10.1. The topological polar surface area (TPSA) is 0 Å². The molecule has 0 bridgehead atoms. The minimum absolute atomic E-state index is 0.122. The Morgan fingerprint density at radius 1 is 1.38 bits per heavy atom. The Hall–Kier alpha value is -0.560. The zero-order valence-corrected chi connectivity index (χ0v) is 8.10. The van der Waals surface area contributed by atoms with Gasteiger partial charge in [0.25, 0.3) is 0 Å². The van der Waals surface area contributed by atoms with Crippen molar-refractivity contribution in [3.63, 3.8) is 0 Å². The summed E-state index contributed by atoms with van der Waals surface area (Å²) >= 11 is 6.12. The lowest BCUT2D eigenvalue weighted by Gasteiger charge is -2.07. The molecular formula is C11H12ClF. The summed E-state index contributed by atoms with van der Waals surface area (Å²) in [7, 11) is 0. The molecule has 1 aliphatic carbocycles. The van der Waals surface area contributed by atoms with Crippen LogP contribution < -0.4 is 0 Å². The molecule has 1 aromatic rings. The molecule has 2 rings (SSSR count). The first-order valence-electron chi connectivity index (χ1n) is 4.65. The maximum Gasteiger partial charge on any atom is 0.126 e. The van der Waals surface area contributed by atoms with Crippen molar-refractivity contribution in [2.24, 2.45) is 5.92 Å². The molecule has 1 aliphatic rings. The van der Waals surface area contributed by atoms with Gasteiger partial charge in [-0.2, -0.15) is 0 Å². The molecule has 1 aromatic carbocycles. The first-order valence-corrected chi connectivity index (χ1v) is 5.08. The molecule has 2 heteroatoms. The molecule has 0 amide bonds. The van der Waals surface area contributed by atoms with Gasteiger partial charge in [-0.3, -0.25) is 0 Å². The summed E-state index contributed by atoms with van der Waals surface area (Å²) < 4.78 is 13.2. The van der Waals surface area contributed by atoms with Gasteiger partial charge >= 0.3 is 0 Å². The van der Waals surface area contributed by atoms with Gasteiger partial charge < -0.3 is 0 Å². The molecule has 0 aromatic heterocycles. The maximum absolute atomic E-state index is 13.2. The van der Waals surface area contributed by atoms with Crippen LogP contribution in [0.25, 0.3) is 0 Å². The summed E-state index contributed by atoms with van der Waals surface area (Å²) in [6.07, 6.45) is 3.09. The Morgan fingerprint density at radius 2 is 2.08 bits per heavy atom. The smallest absolute Gasteiger partial charge is 0.126 e. The molecule has 0 aliphatic heterocycles. The van der Waals surface area contributed by atoms with Crippen LogP contribution in [0.3, 0.4) is 0 Å². The predicted molar refractivity (Wildman–Crippen MR) is 52.5 cm³/mol. The Bertz CT molecular complexity index is 294. The van der Waals surface area contributed by atoms with Gasteiger partial charge in [0, 0.05) is 5.38 Å². The van der Waals surface area contributed by atoms with Gasteiger partial charge in [-0.1, -0.05) is 18.2 Å². The molecule has 0 heterocycles. The van der Waals surface area contributed by atoms with Crippen molar-refractivity contribution >= 4 is 11.6 Å². The second kappa shape index (κ2) is 3.67. The number of halogens is 2. The van der Waals surface area contributed by atoms with E-state index in [0.717, 1.165) is 5.56 Å². The van der Waals surface area contributed by atoms with Crippen LogP contribution in [0.2, 0.25) is 0 Å². The van der Waals surface area contributed by atoms with Crippen LogP contribution in [0.5, 0.6) is 0 Å². The van der Waals surface area contributed by atoms with Crippen LogP contribution in [0, 0.1) is 11.7 Å². The van der Waals surface area contributed by atoms with Crippen LogP contribution in [-0.2, 0) is 6.42 Å². The second-order valence-electron chi connectivity index (χ2n) is 3.65. The molecule has 0 saturated heterocycles. The van der Waals surface area contributed by atoms with E-state index in [0.29, 0.717) is 12.3 Å². The third-order valence-electron chi connectivity index (χ3n) is 2.51. The van der Waals surface area contributed by atoms with Gasteiger partial charge in [0.05, 0.1) is 0 Å². The van der Waals surface area contributed by atoms with E-state index >= 15 is 0 Å². The molecule has 1 atom stereocenters. The third kappa shape index (κ3) is 2.22. The van der Waals surface area contributed by atoms with Crippen molar-refractivity contribution in [1.82, 2.24) is 0 Å². The highest BCUT2D eigenvalue weighted by molar-refractivity contribution is 6.21. The first kappa shape index (κ1) is 9.01. The fourth-order valence-electron chi connectivity index (χ4n) is 1.50. The highest BCUT2D eigenvalue weighted by Crippen LogP contribution is 2.37. The summed E-state index contributed by atoms with van der Waals surface area (Å²) in [4.78, 5) is 0. The van der Waals surface area contributed by atoms with Crippen LogP contribution in [0.4, 0.5) is 4.39 Å². The van der Waals surface area contributed by atoms with Gasteiger partial charge in [0.1, 0.15) is 5.82 Å². The number of benzene rings is 1. The van der Waals surface area contributed by atoms with Crippen LogP contribution in [0.15, 0.2) is 24.3 Å². The summed E-state index contributed by atoms with van der Waals surface area (Å²) in [6, 6.07) is 6.87. The quantitative estimate of drug-likeness (QED) is 0.654. The fourth-order valence-corrected chi connectivity index (χ4v) is 1.92. The fraction of sp³-hybridized carbons (Fsp3) is 0.455. The lowest BCUT2D eigenvalue weighted by Crippen LogP contribution is -2.06. The van der Waals surface area contributed by atoms with E-state index in [9.17, 15) is 4.39 Å². The number of rotatable bonds is 3. The molecule has 1 saturated carbocycles. The van der Waals surface area contributed by atoms with Gasteiger partial charge in [-0.25, -0.2) is 4.39 Å². The molecule has 0 radical (unpaired) electrons. The molecule has 13 heavy (non-hydrogen) atoms. The molecule has 0 N–H and O–H groups in total. The average Bonchev–Trinajstić information content (AvgIpc) is 2.91. The Balaban J connectivity index is 2.03. The van der Waals surface area contributed by atoms with Crippen molar-refractivity contribution < 1.29 is 4.39 Å². The lowest BCUT2D eigenvalue weighted by molar-refractivity contribution is 0.599. The van der Waals surface area contributed by atoms with Gasteiger partial charge in [-0.15, -0.1) is 11.6 Å². The predicted octanol–water partition coefficient (Wildman–Crippen LogP) is 3.39. The second-order valence-corrected chi connectivity index (χ2v) is 4.21. The third-order valence-corrected chi connectivity index (χ3v) is 3.02. The zero-order chi connectivity index (χ0) is 9.26. The molecule has 1 fully saturated rings. The van der Waals surface area contributed by atoms with Crippen molar-refractivity contribution in [3.05, 3.63) is 35.6 Å². The largest absolute Gasteiger partial charge is 0.207 e. The number of hydrogen-bond donors (Lipinski definition) is 0. The SMILES string of the molecule is Fc1ccccc1CC(Cl)C1CC1. The van der Waals surface area contributed by atoms with Crippen molar-refractivity contribution in [3.8, 4) is 0 Å². The van der Waals surface area contributed by atoms with Crippen molar-refractivity contribution in [2.45, 2.75) is 24.6 Å². The summed E-state index contributed by atoms with van der Waals surface area (Å²) in [6.45, 7) is 0. The van der Waals surface area contributed by atoms with Crippen LogP contribution >= 0.6 is 11.6 Å². The standard InChI is InChI=1S/C11H12ClF/c12-10(8-5-6-8)7-9-3-1-2-4-11(9)13/h1-4,8,10H,5-7H2. The maximum atomic E-state index is 13.2. The number of hydrogen-bond acceptors (Lipinski definition) is 0. The monoisotopic (exact) mass is 198 g/mol. The highest BCUT2D eigenvalue weighted by atomic mass is 35.5. The van der Waals surface area contributed by atoms with E-state index in [1.54, 1.807) is 6.07 Å². The summed E-state index contributed by atoms with van der Waals surface area (Å²) in [5, 5.41) is 0.122. The summed E-state index contributed by atoms with van der Waals surface area (Å²) in [5.74, 6) is 0.495. The van der Waals surface area contributed by atoms with E-state index in [1.165, 1.54) is 18.9 Å². The molecule has 1 unspecified atom stereocenters. The van der Waals surface area contributed by atoms with Crippen LogP contribution in [-0.4, -0.2) is 5.38 Å². The van der Waals surface area contributed by atoms with E-state index in [4.69, 9.17) is 11.6 Å². The first-order chi connectivity index (χ1) is 6.27. The molecule has 0 nitrogen and oxygen atoms in total. The number of alkyl halides is 1. The van der Waals surface area contributed by atoms with E-state index in [-0.39, 0.29) is 11.2 Å². The zero-order valence-electron chi connectivity index (χ0n) is 7.34. The summed E-state index contributed by atoms with van der Waals surface area (Å²) in [5.41, 5.74) is 0.745. The molecular weight excluding hydrogens is 187 g/mol. The van der Waals surface area contributed by atoms with Crippen LogP contribution in [0.1, 0.15) is 18.4 Å². The van der Waals surface area contributed by atoms with E-state index in [1.807, 2.05) is 12.1 Å². The van der Waals surface area contributed by atoms with Gasteiger partial charge in [0.15, 0.2) is 0 Å². The van der Waals surface area contributed by atoms with Crippen molar-refractivity contribution in [2.75, 3.05) is 0 Å². The van der Waals surface area contributed by atoms with Gasteiger partial charge in [0.2, 0.25) is 0 Å².